The SMILES string of the molecule is CCOC(=O)c1c(NC(=O)[C@H]2CCCC[C@@H]2C(=O)O)sc(C)c1-c1ccccc1. The summed E-state index contributed by atoms with van der Waals surface area (Å²) in [6, 6.07) is 9.49. The fourth-order valence-electron chi connectivity index (χ4n) is 3.93. The van der Waals surface area contributed by atoms with Crippen LogP contribution in [-0.2, 0) is 14.3 Å². The minimum Gasteiger partial charge on any atom is -0.481 e. The number of anilines is 1. The molecule has 1 aromatic carbocycles. The van der Waals surface area contributed by atoms with Gasteiger partial charge in [0.1, 0.15) is 10.6 Å². The molecule has 1 heterocycles. The maximum Gasteiger partial charge on any atom is 0.341 e. The number of rotatable bonds is 6. The first-order valence-corrected chi connectivity index (χ1v) is 10.6. The van der Waals surface area contributed by atoms with Gasteiger partial charge in [0.15, 0.2) is 0 Å². The van der Waals surface area contributed by atoms with Crippen molar-refractivity contribution in [2.24, 2.45) is 11.8 Å². The van der Waals surface area contributed by atoms with Crippen molar-refractivity contribution in [3.05, 3.63) is 40.8 Å². The first-order valence-electron chi connectivity index (χ1n) is 9.83. The second-order valence-corrected chi connectivity index (χ2v) is 8.37. The number of aryl methyl sites for hydroxylation is 1. The molecule has 0 spiro atoms. The van der Waals surface area contributed by atoms with Crippen LogP contribution < -0.4 is 5.32 Å². The molecule has 0 unspecified atom stereocenters. The number of carboxylic acid groups (broad SMARTS) is 1. The highest BCUT2D eigenvalue weighted by Gasteiger charge is 2.36. The lowest BCUT2D eigenvalue weighted by molar-refractivity contribution is -0.147. The van der Waals surface area contributed by atoms with Crippen LogP contribution in [0, 0.1) is 18.8 Å². The standard InChI is InChI=1S/C22H25NO5S/c1-3-28-22(27)18-17(14-9-5-4-6-10-14)13(2)29-20(18)23-19(24)15-11-7-8-12-16(15)21(25)26/h4-6,9-10,15-16H,3,7-8,11-12H2,1-2H3,(H,23,24)(H,25,26)/t15-,16-/m0/s1. The molecule has 1 saturated carbocycles. The summed E-state index contributed by atoms with van der Waals surface area (Å²) in [5.74, 6) is -3.07. The Kier molecular flexibility index (Phi) is 6.69. The highest BCUT2D eigenvalue weighted by Crippen LogP contribution is 2.41. The number of aliphatic carboxylic acids is 1. The highest BCUT2D eigenvalue weighted by atomic mass is 32.1. The normalized spacial score (nSPS) is 18.8. The van der Waals surface area contributed by atoms with Gasteiger partial charge in [0, 0.05) is 10.4 Å². The van der Waals surface area contributed by atoms with E-state index < -0.39 is 23.8 Å². The fraction of sp³-hybridized carbons (Fsp3) is 0.409. The maximum atomic E-state index is 13.0. The van der Waals surface area contributed by atoms with Crippen LogP contribution in [0.4, 0.5) is 5.00 Å². The van der Waals surface area contributed by atoms with Crippen molar-refractivity contribution < 1.29 is 24.2 Å². The van der Waals surface area contributed by atoms with E-state index in [1.54, 1.807) is 6.92 Å². The first-order chi connectivity index (χ1) is 13.9. The molecule has 1 aliphatic carbocycles. The molecule has 1 amide bonds. The molecule has 7 heteroatoms. The minimum absolute atomic E-state index is 0.221. The van der Waals surface area contributed by atoms with Gasteiger partial charge in [0.2, 0.25) is 5.91 Å². The van der Waals surface area contributed by atoms with Crippen LogP contribution in [0.2, 0.25) is 0 Å². The molecule has 2 atom stereocenters. The Morgan fingerprint density at radius 1 is 1.14 bits per heavy atom. The summed E-state index contributed by atoms with van der Waals surface area (Å²) in [5.41, 5.74) is 1.94. The van der Waals surface area contributed by atoms with Crippen LogP contribution in [0.15, 0.2) is 30.3 Å². The molecule has 0 aliphatic heterocycles. The van der Waals surface area contributed by atoms with Crippen molar-refractivity contribution in [2.45, 2.75) is 39.5 Å². The molecule has 154 valence electrons. The number of amides is 1. The fourth-order valence-corrected chi connectivity index (χ4v) is 5.00. The Balaban J connectivity index is 1.97. The highest BCUT2D eigenvalue weighted by molar-refractivity contribution is 7.17. The second-order valence-electron chi connectivity index (χ2n) is 7.15. The number of carbonyl (C=O) groups excluding carboxylic acids is 2. The van der Waals surface area contributed by atoms with Crippen LogP contribution >= 0.6 is 11.3 Å². The molecule has 0 radical (unpaired) electrons. The number of carbonyl (C=O) groups is 3. The smallest absolute Gasteiger partial charge is 0.341 e. The number of thiophene rings is 1. The molecular formula is C22H25NO5S. The quantitative estimate of drug-likeness (QED) is 0.666. The summed E-state index contributed by atoms with van der Waals surface area (Å²) in [4.78, 5) is 38.2. The van der Waals surface area contributed by atoms with Crippen molar-refractivity contribution in [3.63, 3.8) is 0 Å². The molecule has 1 aliphatic rings. The van der Waals surface area contributed by atoms with Gasteiger partial charge in [0.25, 0.3) is 0 Å². The van der Waals surface area contributed by atoms with E-state index in [1.807, 2.05) is 37.3 Å². The van der Waals surface area contributed by atoms with Gasteiger partial charge in [0.05, 0.1) is 18.4 Å². The molecule has 1 fully saturated rings. The topological polar surface area (TPSA) is 92.7 Å². The van der Waals surface area contributed by atoms with Gasteiger partial charge in [-0.1, -0.05) is 43.2 Å². The molecule has 1 aromatic heterocycles. The van der Waals surface area contributed by atoms with Gasteiger partial charge in [-0.3, -0.25) is 9.59 Å². The maximum absolute atomic E-state index is 13.0. The van der Waals surface area contributed by atoms with Gasteiger partial charge in [-0.25, -0.2) is 4.79 Å². The molecule has 3 rings (SSSR count). The number of hydrogen-bond acceptors (Lipinski definition) is 5. The molecule has 0 saturated heterocycles. The Labute approximate surface area is 173 Å². The number of benzene rings is 1. The zero-order valence-electron chi connectivity index (χ0n) is 16.6. The Morgan fingerprint density at radius 2 is 1.79 bits per heavy atom. The average molecular weight is 416 g/mol. The number of carboxylic acids is 1. The van der Waals surface area contributed by atoms with Crippen molar-refractivity contribution in [3.8, 4) is 11.1 Å². The van der Waals surface area contributed by atoms with E-state index in [1.165, 1.54) is 11.3 Å². The van der Waals surface area contributed by atoms with Gasteiger partial charge in [-0.2, -0.15) is 0 Å². The van der Waals surface area contributed by atoms with Gasteiger partial charge in [-0.05, 0) is 32.3 Å². The monoisotopic (exact) mass is 415 g/mol. The molecule has 29 heavy (non-hydrogen) atoms. The Hall–Kier alpha value is -2.67. The Bertz CT molecular complexity index is 905. The zero-order valence-corrected chi connectivity index (χ0v) is 17.4. The van der Waals surface area contributed by atoms with E-state index in [0.29, 0.717) is 23.4 Å². The van der Waals surface area contributed by atoms with Gasteiger partial charge >= 0.3 is 11.9 Å². The average Bonchev–Trinajstić information content (AvgIpc) is 3.04. The molecule has 2 N–H and O–H groups in total. The van der Waals surface area contributed by atoms with Crippen molar-refractivity contribution >= 4 is 34.2 Å². The van der Waals surface area contributed by atoms with Gasteiger partial charge in [-0.15, -0.1) is 11.3 Å². The van der Waals surface area contributed by atoms with E-state index in [9.17, 15) is 19.5 Å². The second kappa shape index (κ2) is 9.22. The van der Waals surface area contributed by atoms with Crippen molar-refractivity contribution in [1.82, 2.24) is 0 Å². The number of ether oxygens (including phenoxy) is 1. The summed E-state index contributed by atoms with van der Waals surface area (Å²) >= 11 is 1.31. The van der Waals surface area contributed by atoms with Crippen LogP contribution in [0.25, 0.3) is 11.1 Å². The van der Waals surface area contributed by atoms with Crippen LogP contribution in [0.3, 0.4) is 0 Å². The lowest BCUT2D eigenvalue weighted by atomic mass is 9.78. The number of hydrogen-bond donors (Lipinski definition) is 2. The van der Waals surface area contributed by atoms with E-state index in [0.717, 1.165) is 28.8 Å². The summed E-state index contributed by atoms with van der Waals surface area (Å²) in [6.07, 6.45) is 2.67. The zero-order chi connectivity index (χ0) is 21.0. The summed E-state index contributed by atoms with van der Waals surface area (Å²) < 4.78 is 5.25. The van der Waals surface area contributed by atoms with E-state index in [-0.39, 0.29) is 12.5 Å². The van der Waals surface area contributed by atoms with Crippen molar-refractivity contribution in [1.29, 1.82) is 0 Å². The third-order valence-corrected chi connectivity index (χ3v) is 6.30. The molecular weight excluding hydrogens is 390 g/mol. The van der Waals surface area contributed by atoms with Crippen molar-refractivity contribution in [2.75, 3.05) is 11.9 Å². The third kappa shape index (κ3) is 4.50. The van der Waals surface area contributed by atoms with Gasteiger partial charge < -0.3 is 15.2 Å². The first kappa shape index (κ1) is 21.0. The Morgan fingerprint density at radius 3 is 2.41 bits per heavy atom. The summed E-state index contributed by atoms with van der Waals surface area (Å²) in [7, 11) is 0. The largest absolute Gasteiger partial charge is 0.481 e. The number of nitrogens with one attached hydrogen (secondary N) is 1. The van der Waals surface area contributed by atoms with Crippen LogP contribution in [0.5, 0.6) is 0 Å². The lowest BCUT2D eigenvalue weighted by Gasteiger charge is -2.27. The lowest BCUT2D eigenvalue weighted by Crippen LogP contribution is -2.36. The molecule has 6 nitrogen and oxygen atoms in total. The predicted molar refractivity (Wildman–Crippen MR) is 112 cm³/mol. The summed E-state index contributed by atoms with van der Waals surface area (Å²) in [6.45, 7) is 3.85. The molecule has 0 bridgehead atoms. The van der Waals surface area contributed by atoms with Crippen LogP contribution in [-0.4, -0.2) is 29.6 Å². The number of esters is 1. The van der Waals surface area contributed by atoms with Crippen LogP contribution in [0.1, 0.15) is 47.8 Å². The van der Waals surface area contributed by atoms with E-state index >= 15 is 0 Å². The third-order valence-electron chi connectivity index (χ3n) is 5.28. The summed E-state index contributed by atoms with van der Waals surface area (Å²) in [5, 5.41) is 12.7. The molecule has 2 aromatic rings. The predicted octanol–water partition coefficient (Wildman–Crippen LogP) is 4.73. The van der Waals surface area contributed by atoms with E-state index in [4.69, 9.17) is 4.74 Å². The van der Waals surface area contributed by atoms with E-state index in [2.05, 4.69) is 5.32 Å². The minimum atomic E-state index is -0.942.